The molecule has 2 aliphatic heterocycles. The van der Waals surface area contributed by atoms with E-state index in [-0.39, 0.29) is 29.8 Å². The molecule has 0 saturated carbocycles. The van der Waals surface area contributed by atoms with E-state index in [9.17, 15) is 0 Å². The molecule has 0 spiro atoms. The van der Waals surface area contributed by atoms with Crippen LogP contribution in [-0.2, 0) is 33.8 Å². The molecule has 0 aliphatic carbocycles. The van der Waals surface area contributed by atoms with Crippen molar-refractivity contribution in [3.8, 4) is 11.5 Å². The molecule has 4 rings (SSSR count). The molecule has 2 heterocycles. The average molecular weight is 916 g/mol. The highest BCUT2D eigenvalue weighted by Gasteiger charge is 2.29. The quantitative estimate of drug-likeness (QED) is 0.0764. The van der Waals surface area contributed by atoms with Gasteiger partial charge in [-0.1, -0.05) is 40.5 Å². The van der Waals surface area contributed by atoms with Gasteiger partial charge < -0.3 is 37.9 Å². The Morgan fingerprint density at radius 1 is 0.660 bits per heavy atom. The number of halogens is 4. The molecule has 8 nitrogen and oxygen atoms in total. The third kappa shape index (κ3) is 13.1. The molecule has 4 unspecified atom stereocenters. The molecule has 264 valence electrons. The zero-order valence-electron chi connectivity index (χ0n) is 27.8. The maximum absolute atomic E-state index is 6.29. The third-order valence-electron chi connectivity index (χ3n) is 8.00. The van der Waals surface area contributed by atoms with E-state index in [1.54, 1.807) is 0 Å². The number of hydrogen-bond donors (Lipinski definition) is 0. The Kier molecular flexibility index (Phi) is 16.8. The Labute approximate surface area is 313 Å². The SMILES string of the molecule is CCCCOCC(COc1c(Br)cc(C(C)(C)c2cc(Br)c(OCC(COCCCC)OCC3CO3)c(Br)c2)cc1Br)OCC1CO1. The molecule has 0 amide bonds. The highest BCUT2D eigenvalue weighted by molar-refractivity contribution is 9.11. The van der Waals surface area contributed by atoms with Crippen LogP contribution in [0.2, 0.25) is 0 Å². The normalized spacial score (nSPS) is 18.6. The van der Waals surface area contributed by atoms with Gasteiger partial charge in [0.25, 0.3) is 0 Å². The van der Waals surface area contributed by atoms with Gasteiger partial charge >= 0.3 is 0 Å². The summed E-state index contributed by atoms with van der Waals surface area (Å²) >= 11 is 15.1. The number of epoxide rings is 2. The van der Waals surface area contributed by atoms with E-state index in [1.165, 1.54) is 0 Å². The van der Waals surface area contributed by atoms with Crippen LogP contribution in [0.1, 0.15) is 64.5 Å². The van der Waals surface area contributed by atoms with Crippen molar-refractivity contribution < 1.29 is 37.9 Å². The molecule has 0 bridgehead atoms. The fourth-order valence-electron chi connectivity index (χ4n) is 4.66. The van der Waals surface area contributed by atoms with Gasteiger partial charge in [0.2, 0.25) is 0 Å². The summed E-state index contributed by atoms with van der Waals surface area (Å²) < 4.78 is 50.4. The Balaban J connectivity index is 1.40. The number of hydrogen-bond acceptors (Lipinski definition) is 8. The van der Waals surface area contributed by atoms with Crippen LogP contribution in [0.3, 0.4) is 0 Å². The van der Waals surface area contributed by atoms with Crippen LogP contribution in [-0.4, -0.2) is 90.5 Å². The summed E-state index contributed by atoms with van der Waals surface area (Å²) in [6, 6.07) is 8.45. The zero-order chi connectivity index (χ0) is 33.8. The van der Waals surface area contributed by atoms with Crippen LogP contribution in [0.15, 0.2) is 42.2 Å². The lowest BCUT2D eigenvalue weighted by atomic mass is 9.78. The minimum atomic E-state index is -0.348. The predicted molar refractivity (Wildman–Crippen MR) is 197 cm³/mol. The van der Waals surface area contributed by atoms with Gasteiger partial charge in [0.05, 0.1) is 57.5 Å². The van der Waals surface area contributed by atoms with Gasteiger partial charge in [0.1, 0.15) is 49.1 Å². The largest absolute Gasteiger partial charge is 0.488 e. The van der Waals surface area contributed by atoms with Crippen LogP contribution in [0.4, 0.5) is 0 Å². The number of ether oxygens (including phenoxy) is 8. The first-order valence-corrected chi connectivity index (χ1v) is 19.7. The zero-order valence-corrected chi connectivity index (χ0v) is 34.1. The topological polar surface area (TPSA) is 80.4 Å². The van der Waals surface area contributed by atoms with E-state index in [4.69, 9.17) is 37.9 Å². The van der Waals surface area contributed by atoms with Crippen molar-refractivity contribution in [1.82, 2.24) is 0 Å². The van der Waals surface area contributed by atoms with E-state index in [1.807, 2.05) is 0 Å². The fourth-order valence-corrected chi connectivity index (χ4v) is 7.49. The second-order valence-corrected chi connectivity index (χ2v) is 15.9. The Hall–Kier alpha value is -0.280. The molecule has 0 aromatic heterocycles. The Morgan fingerprint density at radius 3 is 1.34 bits per heavy atom. The van der Waals surface area contributed by atoms with Crippen molar-refractivity contribution in [3.05, 3.63) is 53.3 Å². The van der Waals surface area contributed by atoms with Crippen LogP contribution < -0.4 is 9.47 Å². The van der Waals surface area contributed by atoms with Crippen molar-refractivity contribution >= 4 is 63.7 Å². The van der Waals surface area contributed by atoms with E-state index < -0.39 is 0 Å². The van der Waals surface area contributed by atoms with Crippen molar-refractivity contribution in [3.63, 3.8) is 0 Å². The second-order valence-electron chi connectivity index (χ2n) is 12.5. The van der Waals surface area contributed by atoms with Crippen LogP contribution >= 0.6 is 63.7 Å². The predicted octanol–water partition coefficient (Wildman–Crippen LogP) is 9.02. The molecule has 2 aromatic carbocycles. The summed E-state index contributed by atoms with van der Waals surface area (Å²) in [5, 5.41) is 0. The highest BCUT2D eigenvalue weighted by Crippen LogP contribution is 2.44. The standard InChI is InChI=1S/C35H48Br4O8/c1-5-7-9-40-15-25(42-17-27-19-44-27)21-46-33-29(36)11-23(12-30(33)37)35(3,4)24-13-31(38)34(32(39)14-24)47-22-26(16-41-10-8-6-2)43-18-28-20-45-28/h11-14,25-28H,5-10,15-22H2,1-4H3. The van der Waals surface area contributed by atoms with Gasteiger partial charge in [-0.15, -0.1) is 0 Å². The lowest BCUT2D eigenvalue weighted by Gasteiger charge is -2.29. The maximum atomic E-state index is 6.29. The van der Waals surface area contributed by atoms with E-state index in [2.05, 4.69) is 116 Å². The smallest absolute Gasteiger partial charge is 0.147 e. The molecule has 2 saturated heterocycles. The maximum Gasteiger partial charge on any atom is 0.147 e. The van der Waals surface area contributed by atoms with Gasteiger partial charge in [-0.25, -0.2) is 0 Å². The first kappa shape index (κ1) is 39.5. The number of benzene rings is 2. The third-order valence-corrected chi connectivity index (χ3v) is 10.4. The molecule has 2 fully saturated rings. The van der Waals surface area contributed by atoms with Crippen LogP contribution in [0.5, 0.6) is 11.5 Å². The van der Waals surface area contributed by atoms with E-state index in [0.717, 1.165) is 79.4 Å². The molecule has 47 heavy (non-hydrogen) atoms. The summed E-state index contributed by atoms with van der Waals surface area (Å²) in [7, 11) is 0. The summed E-state index contributed by atoms with van der Waals surface area (Å²) in [6.07, 6.45) is 4.22. The van der Waals surface area contributed by atoms with Crippen LogP contribution in [0, 0.1) is 0 Å². The molecule has 2 aliphatic rings. The minimum Gasteiger partial charge on any atom is -0.488 e. The molecule has 4 atom stereocenters. The van der Waals surface area contributed by atoms with Gasteiger partial charge in [-0.3, -0.25) is 0 Å². The van der Waals surface area contributed by atoms with Crippen molar-refractivity contribution in [1.29, 1.82) is 0 Å². The first-order chi connectivity index (χ1) is 22.6. The second kappa shape index (κ2) is 19.9. The van der Waals surface area contributed by atoms with Gasteiger partial charge in [0, 0.05) is 18.6 Å². The van der Waals surface area contributed by atoms with Crippen LogP contribution in [0.25, 0.3) is 0 Å². The van der Waals surface area contributed by atoms with Gasteiger partial charge in [0.15, 0.2) is 0 Å². The summed E-state index contributed by atoms with van der Waals surface area (Å²) in [5.41, 5.74) is 1.87. The number of unbranched alkanes of at least 4 members (excludes halogenated alkanes) is 2. The minimum absolute atomic E-state index is 0.183. The molecule has 12 heteroatoms. The number of rotatable bonds is 24. The highest BCUT2D eigenvalue weighted by atomic mass is 79.9. The van der Waals surface area contributed by atoms with E-state index >= 15 is 0 Å². The molecular formula is C35H48Br4O8. The molecule has 2 aromatic rings. The van der Waals surface area contributed by atoms with E-state index in [0.29, 0.717) is 52.9 Å². The van der Waals surface area contributed by atoms with Crippen molar-refractivity contribution in [2.24, 2.45) is 0 Å². The fraction of sp³-hybridized carbons (Fsp3) is 0.657. The first-order valence-electron chi connectivity index (χ1n) is 16.5. The Bertz CT molecular complexity index is 1110. The summed E-state index contributed by atoms with van der Waals surface area (Å²) in [6.45, 7) is 14.4. The van der Waals surface area contributed by atoms with Gasteiger partial charge in [-0.2, -0.15) is 0 Å². The monoisotopic (exact) mass is 912 g/mol. The molecule has 0 N–H and O–H groups in total. The molecular weight excluding hydrogens is 868 g/mol. The lowest BCUT2D eigenvalue weighted by Crippen LogP contribution is -2.29. The Morgan fingerprint density at radius 2 is 1.02 bits per heavy atom. The summed E-state index contributed by atoms with van der Waals surface area (Å²) in [5.74, 6) is 1.45. The lowest BCUT2D eigenvalue weighted by molar-refractivity contribution is -0.0419. The van der Waals surface area contributed by atoms with Crippen molar-refractivity contribution in [2.45, 2.75) is 83.2 Å². The van der Waals surface area contributed by atoms with Gasteiger partial charge in [-0.05, 0) is 112 Å². The summed E-state index contributed by atoms with van der Waals surface area (Å²) in [4.78, 5) is 0. The average Bonchev–Trinajstić information content (AvgIpc) is 3.97. The van der Waals surface area contributed by atoms with Crippen molar-refractivity contribution in [2.75, 3.05) is 66.1 Å². The molecule has 0 radical (unpaired) electrons.